The predicted molar refractivity (Wildman–Crippen MR) is 166 cm³/mol. The second-order valence-corrected chi connectivity index (χ2v) is 11.6. The minimum atomic E-state index is 0.935. The van der Waals surface area contributed by atoms with Crippen LogP contribution in [-0.4, -0.2) is 0 Å². The van der Waals surface area contributed by atoms with Gasteiger partial charge in [-0.15, -0.1) is 0 Å². The van der Waals surface area contributed by atoms with Crippen LogP contribution < -0.4 is 0 Å². The van der Waals surface area contributed by atoms with Gasteiger partial charge >= 0.3 is 0 Å². The predicted octanol–water partition coefficient (Wildman–Crippen LogP) is 10.9. The molecule has 1 aliphatic rings. The summed E-state index contributed by atoms with van der Waals surface area (Å²) in [6, 6.07) is 17.3. The maximum Gasteiger partial charge on any atom is 0.0249 e. The van der Waals surface area contributed by atoms with Gasteiger partial charge in [-0.3, -0.25) is 0 Å². The van der Waals surface area contributed by atoms with Crippen molar-refractivity contribution in [1.29, 1.82) is 0 Å². The molecular weight excluding hydrogens is 456 g/mol. The SMILES string of the molecule is CCCCCCCC#Cc1ccc(C#Cc2ccc(CCC3CCC(CCCCCCC)CC3)cc2)cc1. The minimum absolute atomic E-state index is 0.935. The van der Waals surface area contributed by atoms with Crippen molar-refractivity contribution in [2.75, 3.05) is 0 Å². The summed E-state index contributed by atoms with van der Waals surface area (Å²) in [5.74, 6) is 15.2. The zero-order valence-electron chi connectivity index (χ0n) is 24.5. The molecule has 0 heteroatoms. The van der Waals surface area contributed by atoms with Crippen LogP contribution in [-0.2, 0) is 6.42 Å². The van der Waals surface area contributed by atoms with Crippen LogP contribution >= 0.6 is 0 Å². The fourth-order valence-corrected chi connectivity index (χ4v) is 5.73. The highest BCUT2D eigenvalue weighted by atomic mass is 14.3. The van der Waals surface area contributed by atoms with Gasteiger partial charge in [-0.2, -0.15) is 0 Å². The van der Waals surface area contributed by atoms with Crippen LogP contribution in [0.1, 0.15) is 145 Å². The second kappa shape index (κ2) is 18.8. The summed E-state index contributed by atoms with van der Waals surface area (Å²) in [6.45, 7) is 4.56. The van der Waals surface area contributed by atoms with Gasteiger partial charge in [0.05, 0.1) is 0 Å². The van der Waals surface area contributed by atoms with Gasteiger partial charge in [-0.1, -0.05) is 140 Å². The zero-order valence-corrected chi connectivity index (χ0v) is 24.5. The third kappa shape index (κ3) is 12.4. The molecule has 0 spiro atoms. The molecule has 0 aliphatic heterocycles. The first-order valence-electron chi connectivity index (χ1n) is 16.0. The minimum Gasteiger partial charge on any atom is -0.0979 e. The highest BCUT2D eigenvalue weighted by molar-refractivity contribution is 5.46. The van der Waals surface area contributed by atoms with E-state index in [0.717, 1.165) is 34.9 Å². The van der Waals surface area contributed by atoms with Gasteiger partial charge in [0.25, 0.3) is 0 Å². The molecule has 0 nitrogen and oxygen atoms in total. The molecule has 0 amide bonds. The first-order valence-corrected chi connectivity index (χ1v) is 16.0. The van der Waals surface area contributed by atoms with Crippen LogP contribution in [0.15, 0.2) is 48.5 Å². The number of benzene rings is 2. The summed E-state index contributed by atoms with van der Waals surface area (Å²) in [6.07, 6.45) is 24.5. The van der Waals surface area contributed by atoms with E-state index in [1.807, 2.05) is 0 Å². The monoisotopic (exact) mass is 508 g/mol. The van der Waals surface area contributed by atoms with Crippen molar-refractivity contribution in [2.45, 2.75) is 129 Å². The quantitative estimate of drug-likeness (QED) is 0.176. The Balaban J connectivity index is 1.34. The molecule has 0 aromatic heterocycles. The zero-order chi connectivity index (χ0) is 26.7. The lowest BCUT2D eigenvalue weighted by Gasteiger charge is -2.28. The van der Waals surface area contributed by atoms with E-state index in [2.05, 4.69) is 86.1 Å². The molecule has 0 bridgehead atoms. The van der Waals surface area contributed by atoms with Crippen molar-refractivity contribution in [3.63, 3.8) is 0 Å². The van der Waals surface area contributed by atoms with Gasteiger partial charge in [0.15, 0.2) is 0 Å². The van der Waals surface area contributed by atoms with E-state index in [-0.39, 0.29) is 0 Å². The molecule has 3 rings (SSSR count). The van der Waals surface area contributed by atoms with E-state index in [1.54, 1.807) is 0 Å². The fraction of sp³-hybridized carbons (Fsp3) is 0.579. The molecule has 2 aromatic rings. The van der Waals surface area contributed by atoms with Crippen molar-refractivity contribution in [1.82, 2.24) is 0 Å². The van der Waals surface area contributed by atoms with Crippen LogP contribution in [0.5, 0.6) is 0 Å². The molecule has 0 unspecified atom stereocenters. The average Bonchev–Trinajstić information content (AvgIpc) is 2.96. The Kier molecular flexibility index (Phi) is 14.9. The Morgan fingerprint density at radius 2 is 1.00 bits per heavy atom. The van der Waals surface area contributed by atoms with E-state index in [1.165, 1.54) is 115 Å². The summed E-state index contributed by atoms with van der Waals surface area (Å²) in [5.41, 5.74) is 4.70. The Morgan fingerprint density at radius 3 is 1.58 bits per heavy atom. The molecule has 2 aromatic carbocycles. The van der Waals surface area contributed by atoms with Crippen molar-refractivity contribution in [2.24, 2.45) is 11.8 Å². The van der Waals surface area contributed by atoms with Crippen molar-refractivity contribution >= 4 is 0 Å². The number of unbranched alkanes of at least 4 members (excludes halogenated alkanes) is 9. The molecule has 0 radical (unpaired) electrons. The second-order valence-electron chi connectivity index (χ2n) is 11.6. The van der Waals surface area contributed by atoms with Crippen molar-refractivity contribution in [3.8, 4) is 23.7 Å². The normalized spacial score (nSPS) is 16.8. The van der Waals surface area contributed by atoms with Gasteiger partial charge in [-0.25, -0.2) is 0 Å². The van der Waals surface area contributed by atoms with Crippen LogP contribution in [0.25, 0.3) is 0 Å². The number of hydrogen-bond donors (Lipinski definition) is 0. The third-order valence-electron chi connectivity index (χ3n) is 8.35. The van der Waals surface area contributed by atoms with E-state index in [4.69, 9.17) is 0 Å². The lowest BCUT2D eigenvalue weighted by atomic mass is 9.77. The number of hydrogen-bond acceptors (Lipinski definition) is 0. The summed E-state index contributed by atoms with van der Waals surface area (Å²) >= 11 is 0. The molecule has 38 heavy (non-hydrogen) atoms. The van der Waals surface area contributed by atoms with Crippen LogP contribution in [0, 0.1) is 35.5 Å². The Hall–Kier alpha value is -2.44. The largest absolute Gasteiger partial charge is 0.0979 e. The van der Waals surface area contributed by atoms with Gasteiger partial charge in [-0.05, 0) is 73.1 Å². The molecule has 0 atom stereocenters. The lowest BCUT2D eigenvalue weighted by molar-refractivity contribution is 0.248. The molecule has 1 fully saturated rings. The van der Waals surface area contributed by atoms with Crippen molar-refractivity contribution in [3.05, 3.63) is 70.8 Å². The van der Waals surface area contributed by atoms with Gasteiger partial charge in [0.2, 0.25) is 0 Å². The Labute approximate surface area is 235 Å². The fourth-order valence-electron chi connectivity index (χ4n) is 5.73. The van der Waals surface area contributed by atoms with E-state index < -0.39 is 0 Å². The van der Waals surface area contributed by atoms with Gasteiger partial charge in [0.1, 0.15) is 0 Å². The standard InChI is InChI=1S/C38H52/c1-3-5-7-9-10-12-14-16-34-19-23-36(24-20-34)26-28-38-31-29-37(30-32-38)27-25-35-21-17-33(18-22-35)15-13-11-8-6-4-2/h19-20,23-24,29-33,35H,3-13,15,17-18,21-22,25,27H2,1-2H3. The van der Waals surface area contributed by atoms with Crippen molar-refractivity contribution < 1.29 is 0 Å². The summed E-state index contributed by atoms with van der Waals surface area (Å²) < 4.78 is 0. The smallest absolute Gasteiger partial charge is 0.0249 e. The van der Waals surface area contributed by atoms with Crippen LogP contribution in [0.4, 0.5) is 0 Å². The highest BCUT2D eigenvalue weighted by Crippen LogP contribution is 2.34. The average molecular weight is 509 g/mol. The first-order chi connectivity index (χ1) is 18.8. The van der Waals surface area contributed by atoms with Gasteiger partial charge < -0.3 is 0 Å². The van der Waals surface area contributed by atoms with Crippen LogP contribution in [0.2, 0.25) is 0 Å². The maximum absolute atomic E-state index is 3.34. The molecule has 204 valence electrons. The topological polar surface area (TPSA) is 0 Å². The number of rotatable bonds is 14. The molecule has 0 heterocycles. The van der Waals surface area contributed by atoms with E-state index in [9.17, 15) is 0 Å². The molecule has 1 aliphatic carbocycles. The van der Waals surface area contributed by atoms with E-state index in [0.29, 0.717) is 0 Å². The summed E-state index contributed by atoms with van der Waals surface area (Å²) in [4.78, 5) is 0. The molecule has 1 saturated carbocycles. The maximum atomic E-state index is 3.34. The third-order valence-corrected chi connectivity index (χ3v) is 8.35. The lowest BCUT2D eigenvalue weighted by Crippen LogP contribution is -2.15. The highest BCUT2D eigenvalue weighted by Gasteiger charge is 2.20. The Morgan fingerprint density at radius 1 is 0.526 bits per heavy atom. The van der Waals surface area contributed by atoms with E-state index >= 15 is 0 Å². The summed E-state index contributed by atoms with van der Waals surface area (Å²) in [5, 5.41) is 0. The Bertz CT molecular complexity index is 994. The first kappa shape index (κ1) is 30.1. The molecule has 0 N–H and O–H groups in total. The number of aryl methyl sites for hydroxylation is 1. The van der Waals surface area contributed by atoms with Crippen LogP contribution in [0.3, 0.4) is 0 Å². The summed E-state index contributed by atoms with van der Waals surface area (Å²) in [7, 11) is 0. The van der Waals surface area contributed by atoms with Gasteiger partial charge in [0, 0.05) is 23.1 Å². The molecule has 0 saturated heterocycles. The molecular formula is C38H52.